The molecule has 3 atom stereocenters. The number of fused-ring (bicyclic) bond motifs is 1. The number of amides is 2. The molecule has 2 aliphatic rings. The molecule has 86 valence electrons. The van der Waals surface area contributed by atoms with Crippen LogP contribution in [0.4, 0.5) is 0 Å². The minimum Gasteiger partial charge on any atom is -0.278 e. The highest BCUT2D eigenvalue weighted by Gasteiger charge is 2.49. The number of carbonyl (C=O) groups excluding carboxylic acids is 2. The Labute approximate surface area is 96.2 Å². The molecule has 0 radical (unpaired) electrons. The van der Waals surface area contributed by atoms with E-state index in [4.69, 9.17) is 6.42 Å². The van der Waals surface area contributed by atoms with Crippen molar-refractivity contribution in [3.63, 3.8) is 0 Å². The molecule has 1 aliphatic carbocycles. The number of likely N-dealkylation sites (tertiary alicyclic amines) is 1. The summed E-state index contributed by atoms with van der Waals surface area (Å²) < 4.78 is 0. The molecule has 2 rings (SSSR count). The van der Waals surface area contributed by atoms with Crippen LogP contribution in [0.2, 0.25) is 0 Å². The average Bonchev–Trinajstić information content (AvgIpc) is 2.53. The first-order valence-electron chi connectivity index (χ1n) is 5.97. The Kier molecular flexibility index (Phi) is 3.00. The van der Waals surface area contributed by atoms with Gasteiger partial charge in [0.1, 0.15) is 0 Å². The van der Waals surface area contributed by atoms with Gasteiger partial charge in [-0.3, -0.25) is 14.5 Å². The molecule has 0 aromatic heterocycles. The first-order chi connectivity index (χ1) is 7.66. The van der Waals surface area contributed by atoms with Crippen LogP contribution < -0.4 is 0 Å². The van der Waals surface area contributed by atoms with E-state index in [9.17, 15) is 9.59 Å². The van der Waals surface area contributed by atoms with Crippen molar-refractivity contribution in [1.29, 1.82) is 0 Å². The first-order valence-corrected chi connectivity index (χ1v) is 5.97. The molecule has 2 fully saturated rings. The molecule has 0 aromatic carbocycles. The Bertz CT molecular complexity index is 331. The van der Waals surface area contributed by atoms with Gasteiger partial charge >= 0.3 is 0 Å². The SMILES string of the molecule is C#CCC(C)N1C(=O)C2CCCCC2C1=O. The molecule has 3 nitrogen and oxygen atoms in total. The lowest BCUT2D eigenvalue weighted by Gasteiger charge is -2.21. The molecule has 0 bridgehead atoms. The Morgan fingerprint density at radius 3 is 2.25 bits per heavy atom. The average molecular weight is 219 g/mol. The lowest BCUT2D eigenvalue weighted by atomic mass is 9.81. The van der Waals surface area contributed by atoms with Gasteiger partial charge in [-0.2, -0.15) is 0 Å². The molecule has 1 aliphatic heterocycles. The normalized spacial score (nSPS) is 31.1. The van der Waals surface area contributed by atoms with E-state index in [1.54, 1.807) is 0 Å². The Hall–Kier alpha value is -1.30. The summed E-state index contributed by atoms with van der Waals surface area (Å²) >= 11 is 0. The first kappa shape index (κ1) is 11.2. The van der Waals surface area contributed by atoms with E-state index >= 15 is 0 Å². The molecular weight excluding hydrogens is 202 g/mol. The van der Waals surface area contributed by atoms with Crippen molar-refractivity contribution < 1.29 is 9.59 Å². The second kappa shape index (κ2) is 4.29. The van der Waals surface area contributed by atoms with E-state index in [1.165, 1.54) is 4.90 Å². The number of hydrogen-bond donors (Lipinski definition) is 0. The number of carbonyl (C=O) groups is 2. The zero-order valence-corrected chi connectivity index (χ0v) is 9.61. The standard InChI is InChI=1S/C13H17NO2/c1-3-6-9(2)14-12(15)10-7-4-5-8-11(10)13(14)16/h1,9-11H,4-8H2,2H3. The monoisotopic (exact) mass is 219 g/mol. The summed E-state index contributed by atoms with van der Waals surface area (Å²) in [6.07, 6.45) is 9.56. The summed E-state index contributed by atoms with van der Waals surface area (Å²) in [5.74, 6) is 2.44. The van der Waals surface area contributed by atoms with Crippen molar-refractivity contribution >= 4 is 11.8 Å². The zero-order chi connectivity index (χ0) is 11.7. The second-order valence-corrected chi connectivity index (χ2v) is 4.80. The highest BCUT2D eigenvalue weighted by molar-refractivity contribution is 6.05. The van der Waals surface area contributed by atoms with E-state index in [2.05, 4.69) is 5.92 Å². The summed E-state index contributed by atoms with van der Waals surface area (Å²) in [4.78, 5) is 25.6. The van der Waals surface area contributed by atoms with Crippen LogP contribution in [0.5, 0.6) is 0 Å². The van der Waals surface area contributed by atoms with E-state index in [1.807, 2.05) is 6.92 Å². The van der Waals surface area contributed by atoms with E-state index in [0.29, 0.717) is 6.42 Å². The second-order valence-electron chi connectivity index (χ2n) is 4.80. The molecule has 3 heteroatoms. The van der Waals surface area contributed by atoms with Crippen LogP contribution in [0.3, 0.4) is 0 Å². The molecular formula is C13H17NO2. The number of nitrogens with zero attached hydrogens (tertiary/aromatic N) is 1. The number of hydrogen-bond acceptors (Lipinski definition) is 2. The van der Waals surface area contributed by atoms with Crippen molar-refractivity contribution in [2.45, 2.75) is 45.1 Å². The van der Waals surface area contributed by atoms with Crippen molar-refractivity contribution in [3.8, 4) is 12.3 Å². The summed E-state index contributed by atoms with van der Waals surface area (Å²) in [7, 11) is 0. The third kappa shape index (κ3) is 1.63. The Morgan fingerprint density at radius 2 is 1.81 bits per heavy atom. The van der Waals surface area contributed by atoms with Gasteiger partial charge in [0, 0.05) is 12.5 Å². The maximum atomic E-state index is 12.1. The van der Waals surface area contributed by atoms with E-state index in [-0.39, 0.29) is 29.7 Å². The van der Waals surface area contributed by atoms with Crippen LogP contribution in [0.25, 0.3) is 0 Å². The molecule has 0 spiro atoms. The number of terminal acetylenes is 1. The van der Waals surface area contributed by atoms with Gasteiger partial charge < -0.3 is 0 Å². The Balaban J connectivity index is 2.19. The summed E-state index contributed by atoms with van der Waals surface area (Å²) in [6.45, 7) is 1.85. The molecule has 1 saturated heterocycles. The van der Waals surface area contributed by atoms with Crippen LogP contribution in [0.15, 0.2) is 0 Å². The largest absolute Gasteiger partial charge is 0.278 e. The molecule has 16 heavy (non-hydrogen) atoms. The van der Waals surface area contributed by atoms with Crippen LogP contribution >= 0.6 is 0 Å². The maximum Gasteiger partial charge on any atom is 0.233 e. The fourth-order valence-corrected chi connectivity index (χ4v) is 2.88. The van der Waals surface area contributed by atoms with Crippen molar-refractivity contribution in [2.75, 3.05) is 0 Å². The van der Waals surface area contributed by atoms with Gasteiger partial charge in [0.15, 0.2) is 0 Å². The van der Waals surface area contributed by atoms with E-state index in [0.717, 1.165) is 25.7 Å². The maximum absolute atomic E-state index is 12.1. The fourth-order valence-electron chi connectivity index (χ4n) is 2.88. The predicted octanol–water partition coefficient (Wildman–Crippen LogP) is 1.57. The summed E-state index contributed by atoms with van der Waals surface area (Å²) in [5, 5.41) is 0. The highest BCUT2D eigenvalue weighted by atomic mass is 16.2. The predicted molar refractivity (Wildman–Crippen MR) is 60.2 cm³/mol. The third-order valence-electron chi connectivity index (χ3n) is 3.73. The molecule has 2 amide bonds. The topological polar surface area (TPSA) is 37.4 Å². The molecule has 0 N–H and O–H groups in total. The van der Waals surface area contributed by atoms with Crippen molar-refractivity contribution in [2.24, 2.45) is 11.8 Å². The minimum atomic E-state index is -0.143. The van der Waals surface area contributed by atoms with Gasteiger partial charge in [-0.05, 0) is 19.8 Å². The van der Waals surface area contributed by atoms with Crippen molar-refractivity contribution in [3.05, 3.63) is 0 Å². The number of rotatable bonds is 2. The zero-order valence-electron chi connectivity index (χ0n) is 9.61. The van der Waals surface area contributed by atoms with E-state index < -0.39 is 0 Å². The quantitative estimate of drug-likeness (QED) is 0.522. The van der Waals surface area contributed by atoms with Gasteiger partial charge in [-0.15, -0.1) is 12.3 Å². The summed E-state index contributed by atoms with van der Waals surface area (Å²) in [6, 6.07) is -0.143. The summed E-state index contributed by atoms with van der Waals surface area (Å²) in [5.41, 5.74) is 0. The van der Waals surface area contributed by atoms with Gasteiger partial charge in [0.05, 0.1) is 11.8 Å². The van der Waals surface area contributed by atoms with Crippen LogP contribution in [0.1, 0.15) is 39.0 Å². The van der Waals surface area contributed by atoms with Crippen molar-refractivity contribution in [1.82, 2.24) is 4.90 Å². The fraction of sp³-hybridized carbons (Fsp3) is 0.692. The smallest absolute Gasteiger partial charge is 0.233 e. The minimum absolute atomic E-state index is 0.0115. The number of imide groups is 1. The van der Waals surface area contributed by atoms with Crippen LogP contribution in [-0.4, -0.2) is 22.8 Å². The molecule has 1 heterocycles. The van der Waals surface area contributed by atoms with Gasteiger partial charge in [0.25, 0.3) is 0 Å². The van der Waals surface area contributed by atoms with Gasteiger partial charge in [-0.1, -0.05) is 12.8 Å². The lowest BCUT2D eigenvalue weighted by Crippen LogP contribution is -2.38. The van der Waals surface area contributed by atoms with Crippen LogP contribution in [-0.2, 0) is 9.59 Å². The van der Waals surface area contributed by atoms with Crippen LogP contribution in [0, 0.1) is 24.2 Å². The molecule has 3 unspecified atom stereocenters. The lowest BCUT2D eigenvalue weighted by molar-refractivity contribution is -0.142. The molecule has 0 aromatic rings. The van der Waals surface area contributed by atoms with Gasteiger partial charge in [-0.25, -0.2) is 0 Å². The Morgan fingerprint density at radius 1 is 1.31 bits per heavy atom. The molecule has 1 saturated carbocycles. The third-order valence-corrected chi connectivity index (χ3v) is 3.73. The highest BCUT2D eigenvalue weighted by Crippen LogP contribution is 2.38. The van der Waals surface area contributed by atoms with Gasteiger partial charge in [0.2, 0.25) is 11.8 Å².